The van der Waals surface area contributed by atoms with Crippen molar-refractivity contribution in [1.29, 1.82) is 0 Å². The van der Waals surface area contributed by atoms with E-state index in [4.69, 9.17) is 5.73 Å². The summed E-state index contributed by atoms with van der Waals surface area (Å²) in [5, 5.41) is 2.68. The average Bonchev–Trinajstić information content (AvgIpc) is 2.28. The zero-order valence-corrected chi connectivity index (χ0v) is 9.83. The van der Waals surface area contributed by atoms with Crippen molar-refractivity contribution in [3.63, 3.8) is 0 Å². The van der Waals surface area contributed by atoms with Crippen LogP contribution < -0.4 is 11.1 Å². The molecule has 1 aromatic carbocycles. The first-order valence-electron chi connectivity index (χ1n) is 5.76. The number of piperazine rings is 1. The first kappa shape index (κ1) is 12.9. The van der Waals surface area contributed by atoms with Crippen LogP contribution in [0.5, 0.6) is 0 Å². The van der Waals surface area contributed by atoms with Gasteiger partial charge in [-0.25, -0.2) is 8.78 Å². The lowest BCUT2D eigenvalue weighted by Gasteiger charge is -2.29. The molecular formula is C12H15F2N3O. The van der Waals surface area contributed by atoms with Gasteiger partial charge in [-0.1, -0.05) is 6.07 Å². The number of nitrogens with one attached hydrogen (secondary N) is 1. The van der Waals surface area contributed by atoms with Crippen molar-refractivity contribution < 1.29 is 13.6 Å². The Balaban J connectivity index is 2.07. The Morgan fingerprint density at radius 1 is 1.39 bits per heavy atom. The van der Waals surface area contributed by atoms with Gasteiger partial charge in [0.05, 0.1) is 6.54 Å². The second-order valence-electron chi connectivity index (χ2n) is 4.33. The fourth-order valence-electron chi connectivity index (χ4n) is 2.08. The summed E-state index contributed by atoms with van der Waals surface area (Å²) in [6, 6.07) is 2.88. The highest BCUT2D eigenvalue weighted by atomic mass is 19.1. The number of nitrogens with zero attached hydrogens (tertiary/aromatic N) is 1. The molecule has 1 aliphatic heterocycles. The van der Waals surface area contributed by atoms with Crippen LogP contribution in [0.4, 0.5) is 8.78 Å². The number of halogens is 2. The second-order valence-corrected chi connectivity index (χ2v) is 4.33. The molecule has 1 fully saturated rings. The third-order valence-electron chi connectivity index (χ3n) is 2.94. The van der Waals surface area contributed by atoms with Gasteiger partial charge in [0, 0.05) is 31.2 Å². The molecule has 6 heteroatoms. The molecule has 0 bridgehead atoms. The molecule has 4 nitrogen and oxygen atoms in total. The highest BCUT2D eigenvalue weighted by Gasteiger charge is 2.22. The fourth-order valence-corrected chi connectivity index (χ4v) is 2.08. The zero-order chi connectivity index (χ0) is 13.1. The van der Waals surface area contributed by atoms with Crippen LogP contribution in [0, 0.1) is 11.6 Å². The highest BCUT2D eigenvalue weighted by molar-refractivity contribution is 5.78. The maximum Gasteiger partial charge on any atom is 0.234 e. The third-order valence-corrected chi connectivity index (χ3v) is 2.94. The maximum atomic E-state index is 13.5. The molecule has 98 valence electrons. The normalized spacial score (nSPS) is 18.5. The van der Waals surface area contributed by atoms with E-state index in [1.807, 2.05) is 0 Å². The van der Waals surface area contributed by atoms with Gasteiger partial charge in [-0.05, 0) is 12.1 Å². The minimum atomic E-state index is -0.780. The summed E-state index contributed by atoms with van der Waals surface area (Å²) in [6.45, 7) is 1.63. The molecule has 18 heavy (non-hydrogen) atoms. The lowest BCUT2D eigenvalue weighted by atomic mass is 10.1. The van der Waals surface area contributed by atoms with Gasteiger partial charge in [0.2, 0.25) is 5.91 Å². The molecule has 1 unspecified atom stereocenters. The average molecular weight is 255 g/mol. The zero-order valence-electron chi connectivity index (χ0n) is 9.83. The summed E-state index contributed by atoms with van der Waals surface area (Å²) in [5.41, 5.74) is 5.70. The standard InChI is InChI=1S/C12H15F2N3O/c13-8-2-1-3-9(14)12(8)10(15)6-17-5-4-16-11(18)7-17/h1-3,10H,4-7,15H2,(H,16,18). The summed E-state index contributed by atoms with van der Waals surface area (Å²) in [5.74, 6) is -1.39. The van der Waals surface area contributed by atoms with E-state index in [-0.39, 0.29) is 24.6 Å². The van der Waals surface area contributed by atoms with Crippen LogP contribution >= 0.6 is 0 Å². The smallest absolute Gasteiger partial charge is 0.234 e. The van der Waals surface area contributed by atoms with Gasteiger partial charge in [0.1, 0.15) is 11.6 Å². The molecule has 0 saturated carbocycles. The molecule has 0 aromatic heterocycles. The Morgan fingerprint density at radius 2 is 2.06 bits per heavy atom. The number of hydrogen-bond acceptors (Lipinski definition) is 3. The minimum Gasteiger partial charge on any atom is -0.354 e. The minimum absolute atomic E-state index is 0.0949. The molecule has 3 N–H and O–H groups in total. The monoisotopic (exact) mass is 255 g/mol. The van der Waals surface area contributed by atoms with Crippen LogP contribution in [0.1, 0.15) is 11.6 Å². The molecule has 0 spiro atoms. The lowest BCUT2D eigenvalue weighted by molar-refractivity contribution is -0.124. The van der Waals surface area contributed by atoms with Gasteiger partial charge in [-0.15, -0.1) is 0 Å². The summed E-state index contributed by atoms with van der Waals surface area (Å²) >= 11 is 0. The number of amides is 1. The predicted octanol–water partition coefficient (Wildman–Crippen LogP) is 0.396. The molecule has 1 saturated heterocycles. The van der Waals surface area contributed by atoms with Crippen molar-refractivity contribution in [2.45, 2.75) is 6.04 Å². The first-order chi connectivity index (χ1) is 8.58. The highest BCUT2D eigenvalue weighted by Crippen LogP contribution is 2.19. The van der Waals surface area contributed by atoms with Crippen LogP contribution in [-0.2, 0) is 4.79 Å². The number of rotatable bonds is 3. The molecule has 0 radical (unpaired) electrons. The number of carbonyl (C=O) groups excluding carboxylic acids is 1. The Morgan fingerprint density at radius 3 is 2.67 bits per heavy atom. The van der Waals surface area contributed by atoms with E-state index >= 15 is 0 Å². The largest absolute Gasteiger partial charge is 0.354 e. The molecule has 1 amide bonds. The van der Waals surface area contributed by atoms with Gasteiger partial charge >= 0.3 is 0 Å². The Bertz CT molecular complexity index is 433. The molecule has 2 rings (SSSR count). The third kappa shape index (κ3) is 2.83. The molecule has 1 aliphatic rings. The van der Waals surface area contributed by atoms with Gasteiger partial charge in [-0.3, -0.25) is 9.69 Å². The van der Waals surface area contributed by atoms with Gasteiger partial charge in [0.25, 0.3) is 0 Å². The first-order valence-corrected chi connectivity index (χ1v) is 5.76. The number of hydrogen-bond donors (Lipinski definition) is 2. The van der Waals surface area contributed by atoms with E-state index < -0.39 is 17.7 Å². The van der Waals surface area contributed by atoms with Crippen LogP contribution in [0.25, 0.3) is 0 Å². The predicted molar refractivity (Wildman–Crippen MR) is 62.7 cm³/mol. The van der Waals surface area contributed by atoms with Crippen molar-refractivity contribution >= 4 is 5.91 Å². The topological polar surface area (TPSA) is 58.4 Å². The molecule has 1 aromatic rings. The Kier molecular flexibility index (Phi) is 3.88. The molecule has 1 atom stereocenters. The summed E-state index contributed by atoms with van der Waals surface area (Å²) in [6.07, 6.45) is 0. The number of benzene rings is 1. The van der Waals surface area contributed by atoms with Gasteiger partial charge < -0.3 is 11.1 Å². The van der Waals surface area contributed by atoms with Crippen molar-refractivity contribution in [3.8, 4) is 0 Å². The number of nitrogens with two attached hydrogens (primary N) is 1. The van der Waals surface area contributed by atoms with E-state index in [1.165, 1.54) is 18.2 Å². The van der Waals surface area contributed by atoms with Crippen LogP contribution in [0.2, 0.25) is 0 Å². The van der Waals surface area contributed by atoms with Crippen molar-refractivity contribution in [2.24, 2.45) is 5.73 Å². The van der Waals surface area contributed by atoms with E-state index in [1.54, 1.807) is 4.90 Å². The Hall–Kier alpha value is -1.53. The van der Waals surface area contributed by atoms with Gasteiger partial charge in [0.15, 0.2) is 0 Å². The van der Waals surface area contributed by atoms with E-state index in [9.17, 15) is 13.6 Å². The van der Waals surface area contributed by atoms with Crippen LogP contribution in [0.3, 0.4) is 0 Å². The quantitative estimate of drug-likeness (QED) is 0.821. The second kappa shape index (κ2) is 5.41. The van der Waals surface area contributed by atoms with Crippen LogP contribution in [0.15, 0.2) is 18.2 Å². The van der Waals surface area contributed by atoms with Crippen molar-refractivity contribution in [3.05, 3.63) is 35.4 Å². The fraction of sp³-hybridized carbons (Fsp3) is 0.417. The summed E-state index contributed by atoms with van der Waals surface area (Å²) in [7, 11) is 0. The van der Waals surface area contributed by atoms with Crippen molar-refractivity contribution in [2.75, 3.05) is 26.2 Å². The van der Waals surface area contributed by atoms with E-state index in [0.29, 0.717) is 13.1 Å². The molecular weight excluding hydrogens is 240 g/mol. The van der Waals surface area contributed by atoms with E-state index in [0.717, 1.165) is 0 Å². The summed E-state index contributed by atoms with van der Waals surface area (Å²) in [4.78, 5) is 13.0. The maximum absolute atomic E-state index is 13.5. The van der Waals surface area contributed by atoms with Gasteiger partial charge in [-0.2, -0.15) is 0 Å². The SMILES string of the molecule is NC(CN1CCNC(=O)C1)c1c(F)cccc1F. The Labute approximate surface area is 104 Å². The summed E-state index contributed by atoms with van der Waals surface area (Å²) < 4.78 is 27.0. The molecule has 0 aliphatic carbocycles. The van der Waals surface area contributed by atoms with Crippen LogP contribution in [-0.4, -0.2) is 37.0 Å². The van der Waals surface area contributed by atoms with E-state index in [2.05, 4.69) is 5.32 Å². The molecule has 1 heterocycles. The van der Waals surface area contributed by atoms with Crippen molar-refractivity contribution in [1.82, 2.24) is 10.2 Å². The lowest BCUT2D eigenvalue weighted by Crippen LogP contribution is -2.49. The number of carbonyl (C=O) groups is 1.